The van der Waals surface area contributed by atoms with Gasteiger partial charge in [0.1, 0.15) is 5.69 Å². The van der Waals surface area contributed by atoms with E-state index in [-0.39, 0.29) is 11.9 Å². The Balaban J connectivity index is 2.33. The molecule has 4 heteroatoms. The molecule has 0 radical (unpaired) electrons. The number of nitrogens with zero attached hydrogens (tertiary/aromatic N) is 2. The minimum atomic E-state index is -0.00625. The van der Waals surface area contributed by atoms with Crippen LogP contribution in [0.15, 0.2) is 41.0 Å². The largest absolute Gasteiger partial charge is 0.340 e. The zero-order chi connectivity index (χ0) is 14.9. The van der Waals surface area contributed by atoms with Crippen LogP contribution < -0.4 is 4.90 Å². The second kappa shape index (κ2) is 5.83. The van der Waals surface area contributed by atoms with Crippen molar-refractivity contribution in [3.63, 3.8) is 0 Å². The summed E-state index contributed by atoms with van der Waals surface area (Å²) in [4.78, 5) is 14.3. The molecule has 0 saturated carbocycles. The topological polar surface area (TPSA) is 25.2 Å². The third-order valence-corrected chi connectivity index (χ3v) is 3.75. The molecule has 1 amide bonds. The Morgan fingerprint density at radius 1 is 1.25 bits per heavy atom. The number of benzene rings is 1. The van der Waals surface area contributed by atoms with E-state index < -0.39 is 0 Å². The van der Waals surface area contributed by atoms with Crippen LogP contribution in [0.2, 0.25) is 0 Å². The van der Waals surface area contributed by atoms with Gasteiger partial charge in [-0.15, -0.1) is 0 Å². The lowest BCUT2D eigenvalue weighted by atomic mass is 10.2. The van der Waals surface area contributed by atoms with Crippen molar-refractivity contribution in [2.45, 2.75) is 26.8 Å². The number of halogens is 1. The quantitative estimate of drug-likeness (QED) is 0.815. The van der Waals surface area contributed by atoms with Gasteiger partial charge in [-0.1, -0.05) is 17.7 Å². The highest BCUT2D eigenvalue weighted by Gasteiger charge is 2.19. The van der Waals surface area contributed by atoms with Gasteiger partial charge in [-0.3, -0.25) is 4.79 Å². The summed E-state index contributed by atoms with van der Waals surface area (Å²) in [5.41, 5.74) is 2.77. The minimum absolute atomic E-state index is 0.00625. The van der Waals surface area contributed by atoms with Crippen molar-refractivity contribution in [2.75, 3.05) is 11.9 Å². The second-order valence-electron chi connectivity index (χ2n) is 5.24. The first-order chi connectivity index (χ1) is 9.40. The maximum absolute atomic E-state index is 12.7. The van der Waals surface area contributed by atoms with Gasteiger partial charge >= 0.3 is 0 Å². The number of rotatable bonds is 3. The highest BCUT2D eigenvalue weighted by Crippen LogP contribution is 2.23. The van der Waals surface area contributed by atoms with Crippen LogP contribution in [0, 0.1) is 6.92 Å². The SMILES string of the molecule is Cc1ccc(N(C)C(=O)c2cc(Br)cn2C(C)C)cc1. The maximum atomic E-state index is 12.7. The monoisotopic (exact) mass is 334 g/mol. The van der Waals surface area contributed by atoms with Gasteiger partial charge in [-0.05, 0) is 54.9 Å². The Bertz CT molecular complexity index is 614. The van der Waals surface area contributed by atoms with Crippen molar-refractivity contribution in [1.29, 1.82) is 0 Å². The van der Waals surface area contributed by atoms with Crippen LogP contribution in [-0.2, 0) is 0 Å². The summed E-state index contributed by atoms with van der Waals surface area (Å²) in [7, 11) is 1.80. The van der Waals surface area contributed by atoms with E-state index in [1.807, 2.05) is 48.0 Å². The van der Waals surface area contributed by atoms with E-state index in [1.54, 1.807) is 11.9 Å². The maximum Gasteiger partial charge on any atom is 0.274 e. The molecule has 1 heterocycles. The molecule has 0 fully saturated rings. The number of hydrogen-bond acceptors (Lipinski definition) is 1. The summed E-state index contributed by atoms with van der Waals surface area (Å²) in [6, 6.07) is 10.1. The number of hydrogen-bond donors (Lipinski definition) is 0. The van der Waals surface area contributed by atoms with Crippen LogP contribution in [0.1, 0.15) is 35.9 Å². The minimum Gasteiger partial charge on any atom is -0.340 e. The molecule has 0 aliphatic heterocycles. The summed E-state index contributed by atoms with van der Waals surface area (Å²) in [5, 5.41) is 0. The van der Waals surface area contributed by atoms with Gasteiger partial charge in [0, 0.05) is 29.4 Å². The molecule has 20 heavy (non-hydrogen) atoms. The van der Waals surface area contributed by atoms with Gasteiger partial charge in [0.25, 0.3) is 5.91 Å². The van der Waals surface area contributed by atoms with E-state index in [2.05, 4.69) is 29.8 Å². The molecule has 2 aromatic rings. The first-order valence-corrected chi connectivity index (χ1v) is 7.41. The van der Waals surface area contributed by atoms with Gasteiger partial charge in [0.2, 0.25) is 0 Å². The third kappa shape index (κ3) is 2.96. The Hall–Kier alpha value is -1.55. The van der Waals surface area contributed by atoms with Crippen LogP contribution in [-0.4, -0.2) is 17.5 Å². The highest BCUT2D eigenvalue weighted by molar-refractivity contribution is 9.10. The van der Waals surface area contributed by atoms with Crippen molar-refractivity contribution in [1.82, 2.24) is 4.57 Å². The molecule has 1 aromatic heterocycles. The first kappa shape index (κ1) is 14.9. The number of aryl methyl sites for hydroxylation is 1. The number of carbonyl (C=O) groups excluding carboxylic acids is 1. The van der Waals surface area contributed by atoms with Gasteiger partial charge < -0.3 is 9.47 Å². The zero-order valence-corrected chi connectivity index (χ0v) is 13.8. The summed E-state index contributed by atoms with van der Waals surface area (Å²) in [6.07, 6.45) is 1.95. The summed E-state index contributed by atoms with van der Waals surface area (Å²) >= 11 is 3.44. The fourth-order valence-corrected chi connectivity index (χ4v) is 2.54. The lowest BCUT2D eigenvalue weighted by Crippen LogP contribution is -2.28. The van der Waals surface area contributed by atoms with Crippen LogP contribution >= 0.6 is 15.9 Å². The molecular weight excluding hydrogens is 316 g/mol. The number of carbonyl (C=O) groups is 1. The van der Waals surface area contributed by atoms with Gasteiger partial charge in [0.15, 0.2) is 0 Å². The smallest absolute Gasteiger partial charge is 0.274 e. The number of amides is 1. The lowest BCUT2D eigenvalue weighted by molar-refractivity contribution is 0.0982. The van der Waals surface area contributed by atoms with E-state index in [1.165, 1.54) is 5.56 Å². The summed E-state index contributed by atoms with van der Waals surface area (Å²) < 4.78 is 2.91. The van der Waals surface area contributed by atoms with Gasteiger partial charge in [0.05, 0.1) is 0 Å². The number of anilines is 1. The van der Waals surface area contributed by atoms with Crippen molar-refractivity contribution < 1.29 is 4.79 Å². The Morgan fingerprint density at radius 2 is 1.85 bits per heavy atom. The predicted molar refractivity (Wildman–Crippen MR) is 86.4 cm³/mol. The van der Waals surface area contributed by atoms with Crippen molar-refractivity contribution >= 4 is 27.5 Å². The fourth-order valence-electron chi connectivity index (χ4n) is 2.10. The van der Waals surface area contributed by atoms with E-state index in [4.69, 9.17) is 0 Å². The molecule has 0 atom stereocenters. The molecule has 1 aromatic carbocycles. The van der Waals surface area contributed by atoms with Crippen LogP contribution in [0.3, 0.4) is 0 Å². The van der Waals surface area contributed by atoms with Crippen LogP contribution in [0.4, 0.5) is 5.69 Å². The normalized spacial score (nSPS) is 10.9. The molecule has 0 N–H and O–H groups in total. The molecule has 0 spiro atoms. The predicted octanol–water partition coefficient (Wildman–Crippen LogP) is 4.42. The highest BCUT2D eigenvalue weighted by atomic mass is 79.9. The molecule has 0 aliphatic rings. The molecule has 0 bridgehead atoms. The number of aromatic nitrogens is 1. The van der Waals surface area contributed by atoms with Gasteiger partial charge in [-0.25, -0.2) is 0 Å². The second-order valence-corrected chi connectivity index (χ2v) is 6.16. The van der Waals surface area contributed by atoms with E-state index in [0.29, 0.717) is 5.69 Å². The average Bonchev–Trinajstić information content (AvgIpc) is 2.80. The zero-order valence-electron chi connectivity index (χ0n) is 12.2. The van der Waals surface area contributed by atoms with Gasteiger partial charge in [-0.2, -0.15) is 0 Å². The molecule has 0 aliphatic carbocycles. The lowest BCUT2D eigenvalue weighted by Gasteiger charge is -2.20. The summed E-state index contributed by atoms with van der Waals surface area (Å²) in [5.74, 6) is -0.00625. The van der Waals surface area contributed by atoms with Crippen LogP contribution in [0.25, 0.3) is 0 Å². The molecule has 2 rings (SSSR count). The Labute approximate surface area is 128 Å². The Morgan fingerprint density at radius 3 is 2.40 bits per heavy atom. The average molecular weight is 335 g/mol. The molecule has 0 unspecified atom stereocenters. The van der Waals surface area contributed by atoms with E-state index in [9.17, 15) is 4.79 Å². The van der Waals surface area contributed by atoms with E-state index >= 15 is 0 Å². The van der Waals surface area contributed by atoms with Crippen molar-refractivity contribution in [3.05, 3.63) is 52.3 Å². The molecular formula is C16H19BrN2O. The summed E-state index contributed by atoms with van der Waals surface area (Å²) in [6.45, 7) is 6.16. The van der Waals surface area contributed by atoms with E-state index in [0.717, 1.165) is 10.2 Å². The molecule has 3 nitrogen and oxygen atoms in total. The van der Waals surface area contributed by atoms with Crippen LogP contribution in [0.5, 0.6) is 0 Å². The van der Waals surface area contributed by atoms with Crippen molar-refractivity contribution in [3.8, 4) is 0 Å². The Kier molecular flexibility index (Phi) is 4.33. The standard InChI is InChI=1S/C16H19BrN2O/c1-11(2)19-10-13(17)9-15(19)16(20)18(4)14-7-5-12(3)6-8-14/h5-11H,1-4H3. The fraction of sp³-hybridized carbons (Fsp3) is 0.312. The third-order valence-electron chi connectivity index (χ3n) is 3.32. The first-order valence-electron chi connectivity index (χ1n) is 6.62. The molecule has 106 valence electrons. The van der Waals surface area contributed by atoms with Crippen molar-refractivity contribution in [2.24, 2.45) is 0 Å². The molecule has 0 saturated heterocycles.